The zero-order valence-electron chi connectivity index (χ0n) is 7.20. The maximum Gasteiger partial charge on any atom is 0.191 e. The van der Waals surface area contributed by atoms with Gasteiger partial charge in [0, 0.05) is 13.1 Å². The monoisotopic (exact) mass is 281 g/mol. The Bertz CT molecular complexity index is 162. The van der Waals surface area contributed by atoms with Crippen molar-refractivity contribution in [2.24, 2.45) is 10.7 Å². The molecule has 1 aliphatic heterocycles. The van der Waals surface area contributed by atoms with Gasteiger partial charge in [-0.25, -0.2) is 4.99 Å². The quantitative estimate of drug-likeness (QED) is 0.358. The first-order chi connectivity index (χ1) is 5.34. The topological polar surface area (TPSA) is 41.6 Å². The minimum absolute atomic E-state index is 0. The fourth-order valence-corrected chi connectivity index (χ4v) is 1.20. The van der Waals surface area contributed by atoms with Gasteiger partial charge in [0.25, 0.3) is 0 Å². The van der Waals surface area contributed by atoms with Crippen LogP contribution in [0.4, 0.5) is 0 Å². The average molecular weight is 281 g/mol. The zero-order chi connectivity index (χ0) is 8.10. The first-order valence-corrected chi connectivity index (χ1v) is 4.00. The van der Waals surface area contributed by atoms with E-state index in [1.807, 2.05) is 0 Å². The van der Waals surface area contributed by atoms with Crippen LogP contribution in [0.15, 0.2) is 17.6 Å². The highest BCUT2D eigenvalue weighted by atomic mass is 127. The molecular formula is C8H16IN3. The summed E-state index contributed by atoms with van der Waals surface area (Å²) >= 11 is 0. The van der Waals surface area contributed by atoms with E-state index in [0.717, 1.165) is 13.1 Å². The summed E-state index contributed by atoms with van der Waals surface area (Å²) in [4.78, 5) is 6.24. The van der Waals surface area contributed by atoms with Crippen LogP contribution >= 0.6 is 24.0 Å². The second kappa shape index (κ2) is 6.28. The molecule has 0 aromatic heterocycles. The lowest BCUT2D eigenvalue weighted by Crippen LogP contribution is -2.34. The van der Waals surface area contributed by atoms with E-state index in [9.17, 15) is 0 Å². The molecule has 1 rings (SSSR count). The molecule has 70 valence electrons. The minimum atomic E-state index is 0. The van der Waals surface area contributed by atoms with Crippen LogP contribution in [0.5, 0.6) is 0 Å². The largest absolute Gasteiger partial charge is 0.370 e. The number of halogens is 1. The van der Waals surface area contributed by atoms with Crippen molar-refractivity contribution in [1.82, 2.24) is 4.90 Å². The number of aliphatic imine (C=N–C) groups is 1. The van der Waals surface area contributed by atoms with Gasteiger partial charge in [0.1, 0.15) is 0 Å². The van der Waals surface area contributed by atoms with E-state index in [-0.39, 0.29) is 24.0 Å². The van der Waals surface area contributed by atoms with Gasteiger partial charge in [0.15, 0.2) is 5.96 Å². The van der Waals surface area contributed by atoms with Gasteiger partial charge in [-0.2, -0.15) is 0 Å². The molecule has 0 radical (unpaired) electrons. The SMILES string of the molecule is C=CCN=C(N)N1CCCC1.I. The van der Waals surface area contributed by atoms with Crippen molar-refractivity contribution in [2.75, 3.05) is 19.6 Å². The van der Waals surface area contributed by atoms with E-state index in [4.69, 9.17) is 5.73 Å². The summed E-state index contributed by atoms with van der Waals surface area (Å²) in [5, 5.41) is 0. The Morgan fingerprint density at radius 1 is 1.50 bits per heavy atom. The van der Waals surface area contributed by atoms with E-state index in [1.165, 1.54) is 12.8 Å². The summed E-state index contributed by atoms with van der Waals surface area (Å²) in [5.41, 5.74) is 5.69. The predicted molar refractivity (Wildman–Crippen MR) is 62.9 cm³/mol. The lowest BCUT2D eigenvalue weighted by molar-refractivity contribution is 0.511. The normalized spacial score (nSPS) is 17.3. The summed E-state index contributed by atoms with van der Waals surface area (Å²) in [6, 6.07) is 0. The van der Waals surface area contributed by atoms with E-state index >= 15 is 0 Å². The van der Waals surface area contributed by atoms with Crippen LogP contribution in [0.1, 0.15) is 12.8 Å². The third-order valence-corrected chi connectivity index (χ3v) is 1.81. The molecule has 0 saturated carbocycles. The number of hydrogen-bond donors (Lipinski definition) is 1. The highest BCUT2D eigenvalue weighted by Crippen LogP contribution is 2.05. The number of guanidine groups is 1. The van der Waals surface area contributed by atoms with Gasteiger partial charge in [0.2, 0.25) is 0 Å². The molecular weight excluding hydrogens is 265 g/mol. The van der Waals surface area contributed by atoms with Gasteiger partial charge in [-0.05, 0) is 12.8 Å². The fraction of sp³-hybridized carbons (Fsp3) is 0.625. The van der Waals surface area contributed by atoms with E-state index in [1.54, 1.807) is 6.08 Å². The number of likely N-dealkylation sites (tertiary alicyclic amines) is 1. The molecule has 0 atom stereocenters. The molecule has 1 heterocycles. The van der Waals surface area contributed by atoms with Gasteiger partial charge >= 0.3 is 0 Å². The summed E-state index contributed by atoms with van der Waals surface area (Å²) in [7, 11) is 0. The van der Waals surface area contributed by atoms with Crippen LogP contribution in [-0.4, -0.2) is 30.5 Å². The maximum absolute atomic E-state index is 5.69. The summed E-state index contributed by atoms with van der Waals surface area (Å²) in [6.45, 7) is 6.33. The highest BCUT2D eigenvalue weighted by Gasteiger charge is 2.12. The van der Waals surface area contributed by atoms with Gasteiger partial charge in [-0.15, -0.1) is 30.6 Å². The van der Waals surface area contributed by atoms with Gasteiger partial charge in [-0.1, -0.05) is 6.08 Å². The van der Waals surface area contributed by atoms with Gasteiger partial charge in [0.05, 0.1) is 6.54 Å². The van der Waals surface area contributed by atoms with Crippen LogP contribution in [-0.2, 0) is 0 Å². The lowest BCUT2D eigenvalue weighted by Gasteiger charge is -2.15. The molecule has 0 aromatic carbocycles. The summed E-state index contributed by atoms with van der Waals surface area (Å²) < 4.78 is 0. The van der Waals surface area contributed by atoms with Crippen LogP contribution in [0.3, 0.4) is 0 Å². The number of rotatable bonds is 2. The smallest absolute Gasteiger partial charge is 0.191 e. The Kier molecular flexibility index (Phi) is 6.14. The van der Waals surface area contributed by atoms with Crippen LogP contribution in [0.25, 0.3) is 0 Å². The third kappa shape index (κ3) is 3.42. The molecule has 12 heavy (non-hydrogen) atoms. The van der Waals surface area contributed by atoms with Crippen LogP contribution in [0, 0.1) is 0 Å². The Morgan fingerprint density at radius 2 is 2.08 bits per heavy atom. The van der Waals surface area contributed by atoms with Crippen LogP contribution in [0.2, 0.25) is 0 Å². The minimum Gasteiger partial charge on any atom is -0.370 e. The highest BCUT2D eigenvalue weighted by molar-refractivity contribution is 14.0. The van der Waals surface area contributed by atoms with Crippen molar-refractivity contribution in [1.29, 1.82) is 0 Å². The second-order valence-corrected chi connectivity index (χ2v) is 2.68. The third-order valence-electron chi connectivity index (χ3n) is 1.81. The standard InChI is InChI=1S/C8H15N3.HI/c1-2-5-10-8(9)11-6-3-4-7-11;/h2H,1,3-7H2,(H2,9,10);1H. The maximum atomic E-state index is 5.69. The molecule has 3 nitrogen and oxygen atoms in total. The van der Waals surface area contributed by atoms with E-state index in [2.05, 4.69) is 16.5 Å². The lowest BCUT2D eigenvalue weighted by atomic mass is 10.4. The first kappa shape index (κ1) is 11.7. The molecule has 4 heteroatoms. The fourth-order valence-electron chi connectivity index (χ4n) is 1.20. The van der Waals surface area contributed by atoms with Crippen LogP contribution < -0.4 is 5.73 Å². The Balaban J connectivity index is 0.00000121. The predicted octanol–water partition coefficient (Wildman–Crippen LogP) is 1.20. The molecule has 0 bridgehead atoms. The molecule has 0 spiro atoms. The molecule has 0 unspecified atom stereocenters. The van der Waals surface area contributed by atoms with Crippen molar-refractivity contribution < 1.29 is 0 Å². The molecule has 0 aliphatic carbocycles. The molecule has 0 amide bonds. The second-order valence-electron chi connectivity index (χ2n) is 2.68. The Hall–Kier alpha value is -0.260. The number of hydrogen-bond acceptors (Lipinski definition) is 1. The van der Waals surface area contributed by atoms with Crippen molar-refractivity contribution in [3.05, 3.63) is 12.7 Å². The van der Waals surface area contributed by atoms with Gasteiger partial charge in [-0.3, -0.25) is 0 Å². The zero-order valence-corrected chi connectivity index (χ0v) is 9.53. The van der Waals surface area contributed by atoms with Gasteiger partial charge < -0.3 is 10.6 Å². The summed E-state index contributed by atoms with van der Waals surface area (Å²) in [5.74, 6) is 0.669. The molecule has 1 saturated heterocycles. The van der Waals surface area contributed by atoms with Crippen molar-refractivity contribution in [3.8, 4) is 0 Å². The van der Waals surface area contributed by atoms with Crippen molar-refractivity contribution in [3.63, 3.8) is 0 Å². The summed E-state index contributed by atoms with van der Waals surface area (Å²) in [6.07, 6.45) is 4.23. The van der Waals surface area contributed by atoms with Crippen molar-refractivity contribution >= 4 is 29.9 Å². The Morgan fingerprint density at radius 3 is 2.58 bits per heavy atom. The first-order valence-electron chi connectivity index (χ1n) is 4.00. The molecule has 0 aromatic rings. The molecule has 2 N–H and O–H groups in total. The number of nitrogens with two attached hydrogens (primary N) is 1. The van der Waals surface area contributed by atoms with E-state index < -0.39 is 0 Å². The molecule has 1 aliphatic rings. The van der Waals surface area contributed by atoms with Crippen molar-refractivity contribution in [2.45, 2.75) is 12.8 Å². The van der Waals surface area contributed by atoms with E-state index in [0.29, 0.717) is 12.5 Å². The average Bonchev–Trinajstić information content (AvgIpc) is 2.52. The number of nitrogens with zero attached hydrogens (tertiary/aromatic N) is 2. The Labute approximate surface area is 90.7 Å². The molecule has 1 fully saturated rings.